The molecule has 0 amide bonds. The lowest BCUT2D eigenvalue weighted by atomic mass is 10.0. The smallest absolute Gasteiger partial charge is 0.231 e. The van der Waals surface area contributed by atoms with E-state index in [-0.39, 0.29) is 5.75 Å². The predicted molar refractivity (Wildman–Crippen MR) is 69.9 cm³/mol. The first-order valence-corrected chi connectivity index (χ1v) is 6.23. The summed E-state index contributed by atoms with van der Waals surface area (Å²) in [7, 11) is 1.64. The minimum Gasteiger partial charge on any atom is -0.508 e. The zero-order chi connectivity index (χ0) is 13.9. The van der Waals surface area contributed by atoms with Gasteiger partial charge in [-0.25, -0.2) is 0 Å². The van der Waals surface area contributed by atoms with Crippen LogP contribution in [0.2, 0.25) is 0 Å². The quantitative estimate of drug-likeness (QED) is 0.897. The largest absolute Gasteiger partial charge is 0.508 e. The number of phenolic OH excluding ortho intramolecular Hbond substituents is 1. The van der Waals surface area contributed by atoms with E-state index in [0.29, 0.717) is 18.1 Å². The Labute approximate surface area is 112 Å². The Morgan fingerprint density at radius 3 is 2.58 bits per heavy atom. The van der Waals surface area contributed by atoms with Gasteiger partial charge in [0, 0.05) is 7.11 Å². The minimum absolute atomic E-state index is 0.243. The van der Waals surface area contributed by atoms with E-state index < -0.39 is 5.60 Å². The standard InChI is InChI=1S/C14H18N2O3/c1-4-14(2,18-3)13-15-12(19-16-13)9-10-5-7-11(17)8-6-10/h5-8,17H,4,9H2,1-3H3. The van der Waals surface area contributed by atoms with Gasteiger partial charge in [-0.3, -0.25) is 0 Å². The second-order valence-corrected chi connectivity index (χ2v) is 4.64. The number of aromatic hydroxyl groups is 1. The molecule has 0 aliphatic carbocycles. The third-order valence-electron chi connectivity index (χ3n) is 3.36. The first-order valence-electron chi connectivity index (χ1n) is 6.23. The van der Waals surface area contributed by atoms with Gasteiger partial charge >= 0.3 is 0 Å². The number of hydrogen-bond donors (Lipinski definition) is 1. The fourth-order valence-corrected chi connectivity index (χ4v) is 1.72. The maximum absolute atomic E-state index is 9.23. The number of aromatic nitrogens is 2. The fourth-order valence-electron chi connectivity index (χ4n) is 1.72. The van der Waals surface area contributed by atoms with Gasteiger partial charge in [-0.15, -0.1) is 0 Å². The Balaban J connectivity index is 2.15. The van der Waals surface area contributed by atoms with E-state index in [1.54, 1.807) is 19.2 Å². The lowest BCUT2D eigenvalue weighted by Gasteiger charge is -2.21. The van der Waals surface area contributed by atoms with E-state index in [0.717, 1.165) is 12.0 Å². The predicted octanol–water partition coefficient (Wildman–Crippen LogP) is 2.64. The van der Waals surface area contributed by atoms with Crippen molar-refractivity contribution in [1.29, 1.82) is 0 Å². The molecular weight excluding hydrogens is 244 g/mol. The monoisotopic (exact) mass is 262 g/mol. The molecule has 102 valence electrons. The molecule has 1 atom stereocenters. The van der Waals surface area contributed by atoms with Crippen LogP contribution in [0.1, 0.15) is 37.5 Å². The molecule has 0 spiro atoms. The molecule has 2 rings (SSSR count). The highest BCUT2D eigenvalue weighted by Gasteiger charge is 2.29. The normalized spacial score (nSPS) is 14.3. The second kappa shape index (κ2) is 5.40. The molecule has 0 aliphatic heterocycles. The fraction of sp³-hybridized carbons (Fsp3) is 0.429. The van der Waals surface area contributed by atoms with E-state index >= 15 is 0 Å². The minimum atomic E-state index is -0.517. The van der Waals surface area contributed by atoms with Gasteiger partial charge in [0.15, 0.2) is 0 Å². The zero-order valence-corrected chi connectivity index (χ0v) is 11.4. The van der Waals surface area contributed by atoms with Gasteiger partial charge in [-0.2, -0.15) is 4.98 Å². The van der Waals surface area contributed by atoms with Crippen LogP contribution in [0.5, 0.6) is 5.75 Å². The van der Waals surface area contributed by atoms with E-state index in [1.807, 2.05) is 26.0 Å². The Kier molecular flexibility index (Phi) is 3.85. The summed E-state index contributed by atoms with van der Waals surface area (Å²) in [6, 6.07) is 6.93. The highest BCUT2D eigenvalue weighted by atomic mass is 16.5. The zero-order valence-electron chi connectivity index (χ0n) is 11.4. The molecule has 0 saturated carbocycles. The number of methoxy groups -OCH3 is 1. The van der Waals surface area contributed by atoms with Crippen LogP contribution in [0.25, 0.3) is 0 Å². The summed E-state index contributed by atoms with van der Waals surface area (Å²) in [4.78, 5) is 4.38. The number of nitrogens with zero attached hydrogens (tertiary/aromatic N) is 2. The summed E-state index contributed by atoms with van der Waals surface area (Å²) in [6.07, 6.45) is 1.30. The molecule has 0 fully saturated rings. The van der Waals surface area contributed by atoms with Gasteiger partial charge < -0.3 is 14.4 Å². The van der Waals surface area contributed by atoms with Crippen LogP contribution < -0.4 is 0 Å². The third-order valence-corrected chi connectivity index (χ3v) is 3.36. The van der Waals surface area contributed by atoms with E-state index in [1.165, 1.54) is 0 Å². The maximum Gasteiger partial charge on any atom is 0.231 e. The summed E-state index contributed by atoms with van der Waals surface area (Å²) < 4.78 is 10.7. The molecule has 1 heterocycles. The lowest BCUT2D eigenvalue weighted by molar-refractivity contribution is -0.0106. The number of phenols is 1. The summed E-state index contributed by atoms with van der Waals surface area (Å²) in [5.41, 5.74) is 0.486. The van der Waals surface area contributed by atoms with E-state index in [9.17, 15) is 5.11 Å². The molecule has 0 radical (unpaired) electrons. The van der Waals surface area contributed by atoms with Crippen molar-refractivity contribution in [3.8, 4) is 5.75 Å². The van der Waals surface area contributed by atoms with Crippen molar-refractivity contribution in [3.63, 3.8) is 0 Å². The average Bonchev–Trinajstić information content (AvgIpc) is 2.89. The van der Waals surface area contributed by atoms with Crippen molar-refractivity contribution in [2.75, 3.05) is 7.11 Å². The van der Waals surface area contributed by atoms with Crippen molar-refractivity contribution in [2.45, 2.75) is 32.3 Å². The lowest BCUT2D eigenvalue weighted by Crippen LogP contribution is -2.24. The Hall–Kier alpha value is -1.88. The average molecular weight is 262 g/mol. The summed E-state index contributed by atoms with van der Waals surface area (Å²) in [5, 5.41) is 13.2. The van der Waals surface area contributed by atoms with Crippen molar-refractivity contribution in [2.24, 2.45) is 0 Å². The van der Waals surface area contributed by atoms with Crippen LogP contribution in [0.15, 0.2) is 28.8 Å². The number of rotatable bonds is 5. The third kappa shape index (κ3) is 2.93. The molecule has 5 nitrogen and oxygen atoms in total. The second-order valence-electron chi connectivity index (χ2n) is 4.64. The number of benzene rings is 1. The first kappa shape index (κ1) is 13.5. The molecule has 0 bridgehead atoms. The molecular formula is C14H18N2O3. The summed E-state index contributed by atoms with van der Waals surface area (Å²) in [5.74, 6) is 1.34. The Bertz CT molecular complexity index is 530. The maximum atomic E-state index is 9.23. The SMILES string of the molecule is CCC(C)(OC)c1noc(Cc2ccc(O)cc2)n1. The van der Waals surface area contributed by atoms with Crippen molar-refractivity contribution in [3.05, 3.63) is 41.5 Å². The Morgan fingerprint density at radius 2 is 2.00 bits per heavy atom. The summed E-state index contributed by atoms with van der Waals surface area (Å²) in [6.45, 7) is 3.95. The molecule has 1 unspecified atom stereocenters. The number of ether oxygens (including phenoxy) is 1. The van der Waals surface area contributed by atoms with Crippen molar-refractivity contribution < 1.29 is 14.4 Å². The van der Waals surface area contributed by atoms with Gasteiger partial charge in [0.2, 0.25) is 11.7 Å². The van der Waals surface area contributed by atoms with Crippen LogP contribution >= 0.6 is 0 Å². The molecule has 1 aromatic carbocycles. The van der Waals surface area contributed by atoms with E-state index in [4.69, 9.17) is 9.26 Å². The van der Waals surface area contributed by atoms with Gasteiger partial charge in [-0.05, 0) is 31.0 Å². The van der Waals surface area contributed by atoms with Crippen molar-refractivity contribution in [1.82, 2.24) is 10.1 Å². The van der Waals surface area contributed by atoms with Crippen LogP contribution in [0.4, 0.5) is 0 Å². The molecule has 1 aromatic heterocycles. The van der Waals surface area contributed by atoms with Gasteiger partial charge in [0.1, 0.15) is 11.4 Å². The highest BCUT2D eigenvalue weighted by molar-refractivity contribution is 5.27. The van der Waals surface area contributed by atoms with Crippen LogP contribution in [-0.4, -0.2) is 22.4 Å². The molecule has 0 saturated heterocycles. The molecule has 19 heavy (non-hydrogen) atoms. The molecule has 2 aromatic rings. The molecule has 1 N–H and O–H groups in total. The van der Waals surface area contributed by atoms with Gasteiger partial charge in [0.05, 0.1) is 6.42 Å². The van der Waals surface area contributed by atoms with Crippen LogP contribution in [0, 0.1) is 0 Å². The van der Waals surface area contributed by atoms with Gasteiger partial charge in [0.25, 0.3) is 0 Å². The molecule has 5 heteroatoms. The van der Waals surface area contributed by atoms with Crippen LogP contribution in [-0.2, 0) is 16.8 Å². The number of hydrogen-bond acceptors (Lipinski definition) is 5. The van der Waals surface area contributed by atoms with Gasteiger partial charge in [-0.1, -0.05) is 24.2 Å². The highest BCUT2D eigenvalue weighted by Crippen LogP contribution is 2.25. The summed E-state index contributed by atoms with van der Waals surface area (Å²) >= 11 is 0. The molecule has 0 aliphatic rings. The van der Waals surface area contributed by atoms with E-state index in [2.05, 4.69) is 10.1 Å². The van der Waals surface area contributed by atoms with Crippen molar-refractivity contribution >= 4 is 0 Å². The topological polar surface area (TPSA) is 68.4 Å². The van der Waals surface area contributed by atoms with Crippen LogP contribution in [0.3, 0.4) is 0 Å². The Morgan fingerprint density at radius 1 is 1.32 bits per heavy atom. The first-order chi connectivity index (χ1) is 9.07.